The quantitative estimate of drug-likeness (QED) is 0.794. The van der Waals surface area contributed by atoms with Crippen LogP contribution in [0.15, 0.2) is 17.5 Å². The summed E-state index contributed by atoms with van der Waals surface area (Å²) in [6, 6.07) is 3.79. The fourth-order valence-electron chi connectivity index (χ4n) is 1.99. The molecule has 1 saturated carbocycles. The Morgan fingerprint density at radius 2 is 2.28 bits per heavy atom. The Morgan fingerprint density at radius 3 is 2.83 bits per heavy atom. The van der Waals surface area contributed by atoms with Crippen LogP contribution in [-0.2, 0) is 16.0 Å². The first-order valence-electron chi connectivity index (χ1n) is 6.18. The van der Waals surface area contributed by atoms with Crippen molar-refractivity contribution in [3.05, 3.63) is 22.4 Å². The summed E-state index contributed by atoms with van der Waals surface area (Å²) in [4.78, 5) is 23.7. The number of hydrogen-bond donors (Lipinski definition) is 2. The largest absolute Gasteiger partial charge is 0.481 e. The molecule has 0 bridgehead atoms. The highest BCUT2D eigenvalue weighted by Crippen LogP contribution is 2.34. The number of aliphatic carboxylic acids is 1. The Morgan fingerprint density at radius 1 is 1.50 bits per heavy atom. The van der Waals surface area contributed by atoms with Gasteiger partial charge in [0.25, 0.3) is 0 Å². The summed E-state index contributed by atoms with van der Waals surface area (Å²) in [5.41, 5.74) is 0. The van der Waals surface area contributed by atoms with Crippen LogP contribution in [0.25, 0.3) is 0 Å². The van der Waals surface area contributed by atoms with Gasteiger partial charge in [-0.15, -0.1) is 11.3 Å². The minimum absolute atomic E-state index is 0.0371. The van der Waals surface area contributed by atoms with Crippen molar-refractivity contribution in [1.29, 1.82) is 0 Å². The zero-order chi connectivity index (χ0) is 13.0. The minimum Gasteiger partial charge on any atom is -0.481 e. The molecule has 1 atom stereocenters. The molecule has 0 radical (unpaired) electrons. The first-order valence-corrected chi connectivity index (χ1v) is 7.06. The number of hydrogen-bond acceptors (Lipinski definition) is 3. The van der Waals surface area contributed by atoms with Crippen LogP contribution in [0.3, 0.4) is 0 Å². The lowest BCUT2D eigenvalue weighted by atomic mass is 10.1. The molecule has 0 saturated heterocycles. The SMILES string of the molecule is O=C(O)CC(NC(=O)CCc1cccs1)C1CC1. The Balaban J connectivity index is 1.76. The minimum atomic E-state index is -0.842. The van der Waals surface area contributed by atoms with Gasteiger partial charge in [-0.2, -0.15) is 0 Å². The van der Waals surface area contributed by atoms with E-state index in [1.165, 1.54) is 4.88 Å². The summed E-state index contributed by atoms with van der Waals surface area (Å²) in [7, 11) is 0. The average Bonchev–Trinajstić information content (AvgIpc) is 3.02. The number of carbonyl (C=O) groups excluding carboxylic acids is 1. The second kappa shape index (κ2) is 6.00. The van der Waals surface area contributed by atoms with Crippen LogP contribution in [0.5, 0.6) is 0 Å². The molecule has 1 aromatic heterocycles. The van der Waals surface area contributed by atoms with E-state index in [0.717, 1.165) is 19.3 Å². The first kappa shape index (κ1) is 13.1. The van der Waals surface area contributed by atoms with Crippen LogP contribution < -0.4 is 5.32 Å². The van der Waals surface area contributed by atoms with Gasteiger partial charge in [-0.25, -0.2) is 0 Å². The maximum absolute atomic E-state index is 11.8. The van der Waals surface area contributed by atoms with Crippen molar-refractivity contribution in [2.24, 2.45) is 5.92 Å². The van der Waals surface area contributed by atoms with Gasteiger partial charge in [0.15, 0.2) is 0 Å². The zero-order valence-corrected chi connectivity index (χ0v) is 10.9. The van der Waals surface area contributed by atoms with E-state index in [-0.39, 0.29) is 18.4 Å². The van der Waals surface area contributed by atoms with Gasteiger partial charge in [-0.1, -0.05) is 6.07 Å². The van der Waals surface area contributed by atoms with Gasteiger partial charge in [-0.05, 0) is 36.6 Å². The third-order valence-electron chi connectivity index (χ3n) is 3.11. The fraction of sp³-hybridized carbons (Fsp3) is 0.538. The molecule has 5 heteroatoms. The Hall–Kier alpha value is -1.36. The molecule has 98 valence electrons. The van der Waals surface area contributed by atoms with Crippen LogP contribution in [0.2, 0.25) is 0 Å². The second-order valence-corrected chi connectivity index (χ2v) is 5.72. The van der Waals surface area contributed by atoms with Crippen molar-refractivity contribution in [2.75, 3.05) is 0 Å². The predicted octanol–water partition coefficient (Wildman–Crippen LogP) is 2.05. The summed E-state index contributed by atoms with van der Waals surface area (Å²) >= 11 is 1.64. The number of carboxylic acids is 1. The normalized spacial score (nSPS) is 16.2. The van der Waals surface area contributed by atoms with Crippen molar-refractivity contribution < 1.29 is 14.7 Å². The highest BCUT2D eigenvalue weighted by atomic mass is 32.1. The van der Waals surface area contributed by atoms with Gasteiger partial charge < -0.3 is 10.4 Å². The first-order chi connectivity index (χ1) is 8.65. The van der Waals surface area contributed by atoms with E-state index in [4.69, 9.17) is 5.11 Å². The molecule has 1 unspecified atom stereocenters. The van der Waals surface area contributed by atoms with E-state index in [1.54, 1.807) is 11.3 Å². The lowest BCUT2D eigenvalue weighted by molar-refractivity contribution is -0.137. The van der Waals surface area contributed by atoms with E-state index in [0.29, 0.717) is 12.3 Å². The number of aryl methyl sites for hydroxylation is 1. The maximum Gasteiger partial charge on any atom is 0.305 e. The van der Waals surface area contributed by atoms with Crippen LogP contribution in [0, 0.1) is 5.92 Å². The molecule has 1 aliphatic carbocycles. The van der Waals surface area contributed by atoms with Crippen molar-refractivity contribution in [3.63, 3.8) is 0 Å². The number of thiophene rings is 1. The number of carbonyl (C=O) groups is 2. The third kappa shape index (κ3) is 4.14. The van der Waals surface area contributed by atoms with Crippen molar-refractivity contribution in [3.8, 4) is 0 Å². The zero-order valence-electron chi connectivity index (χ0n) is 10.1. The fourth-order valence-corrected chi connectivity index (χ4v) is 2.70. The molecule has 1 amide bonds. The lowest BCUT2D eigenvalue weighted by Crippen LogP contribution is -2.38. The summed E-state index contributed by atoms with van der Waals surface area (Å²) in [6.45, 7) is 0. The number of carboxylic acid groups (broad SMARTS) is 1. The molecular weight excluding hydrogens is 250 g/mol. The van der Waals surface area contributed by atoms with Crippen molar-refractivity contribution >= 4 is 23.2 Å². The monoisotopic (exact) mass is 267 g/mol. The van der Waals surface area contributed by atoms with Crippen LogP contribution in [0.4, 0.5) is 0 Å². The van der Waals surface area contributed by atoms with Gasteiger partial charge in [0, 0.05) is 17.3 Å². The topological polar surface area (TPSA) is 66.4 Å². The van der Waals surface area contributed by atoms with E-state index < -0.39 is 5.97 Å². The molecule has 1 heterocycles. The summed E-state index contributed by atoms with van der Waals surface area (Å²) in [5.74, 6) is -0.515. The molecule has 0 aromatic carbocycles. The second-order valence-electron chi connectivity index (χ2n) is 4.69. The molecule has 18 heavy (non-hydrogen) atoms. The smallest absolute Gasteiger partial charge is 0.305 e. The van der Waals surface area contributed by atoms with Gasteiger partial charge in [-0.3, -0.25) is 9.59 Å². The molecule has 2 N–H and O–H groups in total. The predicted molar refractivity (Wildman–Crippen MR) is 69.5 cm³/mol. The van der Waals surface area contributed by atoms with Crippen molar-refractivity contribution in [2.45, 2.75) is 38.1 Å². The molecule has 0 spiro atoms. The number of amides is 1. The number of nitrogens with one attached hydrogen (secondary N) is 1. The van der Waals surface area contributed by atoms with Gasteiger partial charge >= 0.3 is 5.97 Å². The Bertz CT molecular complexity index is 412. The molecule has 1 fully saturated rings. The van der Waals surface area contributed by atoms with E-state index in [1.807, 2.05) is 17.5 Å². The van der Waals surface area contributed by atoms with Crippen LogP contribution >= 0.6 is 11.3 Å². The molecule has 1 aliphatic rings. The molecule has 4 nitrogen and oxygen atoms in total. The van der Waals surface area contributed by atoms with Gasteiger partial charge in [0.05, 0.1) is 6.42 Å². The summed E-state index contributed by atoms with van der Waals surface area (Å²) < 4.78 is 0. The van der Waals surface area contributed by atoms with Crippen LogP contribution in [0.1, 0.15) is 30.6 Å². The molecule has 0 aliphatic heterocycles. The standard InChI is InChI=1S/C13H17NO3S/c15-12(6-5-10-2-1-7-18-10)14-11(8-13(16)17)9-3-4-9/h1-2,7,9,11H,3-6,8H2,(H,14,15)(H,16,17). The molecular formula is C13H17NO3S. The highest BCUT2D eigenvalue weighted by Gasteiger charge is 2.33. The lowest BCUT2D eigenvalue weighted by Gasteiger charge is -2.15. The van der Waals surface area contributed by atoms with E-state index >= 15 is 0 Å². The van der Waals surface area contributed by atoms with Crippen molar-refractivity contribution in [1.82, 2.24) is 5.32 Å². The average molecular weight is 267 g/mol. The Labute approximate surface area is 110 Å². The third-order valence-corrected chi connectivity index (χ3v) is 4.05. The summed E-state index contributed by atoms with van der Waals surface area (Å²) in [5, 5.41) is 13.7. The van der Waals surface area contributed by atoms with E-state index in [9.17, 15) is 9.59 Å². The summed E-state index contributed by atoms with van der Waals surface area (Å²) in [6.07, 6.45) is 3.26. The Kier molecular flexibility index (Phi) is 4.36. The van der Waals surface area contributed by atoms with Gasteiger partial charge in [0.1, 0.15) is 0 Å². The number of rotatable bonds is 7. The molecule has 2 rings (SSSR count). The maximum atomic E-state index is 11.8. The van der Waals surface area contributed by atoms with Crippen LogP contribution in [-0.4, -0.2) is 23.0 Å². The molecule has 1 aromatic rings. The van der Waals surface area contributed by atoms with Gasteiger partial charge in [0.2, 0.25) is 5.91 Å². The van der Waals surface area contributed by atoms with E-state index in [2.05, 4.69) is 5.32 Å². The highest BCUT2D eigenvalue weighted by molar-refractivity contribution is 7.09.